The van der Waals surface area contributed by atoms with Crippen molar-refractivity contribution in [2.24, 2.45) is 5.92 Å². The predicted octanol–water partition coefficient (Wildman–Crippen LogP) is 4.23. The van der Waals surface area contributed by atoms with E-state index in [1.54, 1.807) is 12.1 Å². The Balaban J connectivity index is 0.000000229. The fourth-order valence-electron chi connectivity index (χ4n) is 2.33. The molecule has 0 aromatic heterocycles. The van der Waals surface area contributed by atoms with Crippen LogP contribution in [0.4, 0.5) is 4.39 Å². The minimum atomic E-state index is -0.364. The van der Waals surface area contributed by atoms with Crippen LogP contribution in [-0.4, -0.2) is 18.9 Å². The number of ketones is 1. The number of carbonyl (C=O) groups excluding carboxylic acids is 1. The second kappa shape index (κ2) is 9.70. The lowest BCUT2D eigenvalue weighted by Gasteiger charge is -2.10. The van der Waals surface area contributed by atoms with Crippen molar-refractivity contribution in [3.05, 3.63) is 84.3 Å². The summed E-state index contributed by atoms with van der Waals surface area (Å²) in [6, 6.07) is 5.86. The van der Waals surface area contributed by atoms with Crippen molar-refractivity contribution in [2.45, 2.75) is 12.8 Å². The Morgan fingerprint density at radius 3 is 2.61 bits per heavy atom. The van der Waals surface area contributed by atoms with Crippen molar-refractivity contribution in [3.63, 3.8) is 0 Å². The molecular weight excluding hydrogens is 289 g/mol. The van der Waals surface area contributed by atoms with Crippen LogP contribution in [0, 0.1) is 11.7 Å². The first-order valence-corrected chi connectivity index (χ1v) is 7.93. The van der Waals surface area contributed by atoms with E-state index in [-0.39, 0.29) is 17.5 Å². The van der Waals surface area contributed by atoms with Gasteiger partial charge in [0.05, 0.1) is 5.92 Å². The molecule has 3 heteroatoms. The number of carbonyl (C=O) groups is 1. The molecule has 3 rings (SSSR count). The number of hydrogen-bond acceptors (Lipinski definition) is 2. The average molecular weight is 311 g/mol. The molecule has 0 amide bonds. The van der Waals surface area contributed by atoms with Gasteiger partial charge in [0, 0.05) is 12.1 Å². The molecule has 120 valence electrons. The fraction of sp³-hybridized carbons (Fsp3) is 0.250. The molecule has 1 N–H and O–H groups in total. The van der Waals surface area contributed by atoms with Crippen molar-refractivity contribution in [2.75, 3.05) is 13.1 Å². The van der Waals surface area contributed by atoms with Crippen LogP contribution >= 0.6 is 0 Å². The maximum atomic E-state index is 13.0. The van der Waals surface area contributed by atoms with E-state index >= 15 is 0 Å². The topological polar surface area (TPSA) is 29.1 Å². The van der Waals surface area contributed by atoms with Gasteiger partial charge in [-0.1, -0.05) is 60.7 Å². The Morgan fingerprint density at radius 1 is 1.09 bits per heavy atom. The van der Waals surface area contributed by atoms with E-state index in [1.807, 2.05) is 24.3 Å². The van der Waals surface area contributed by atoms with E-state index in [0.29, 0.717) is 12.1 Å². The molecule has 2 aliphatic rings. The van der Waals surface area contributed by atoms with Gasteiger partial charge in [0.25, 0.3) is 0 Å². The van der Waals surface area contributed by atoms with Crippen LogP contribution in [0.15, 0.2) is 72.9 Å². The molecule has 2 nitrogen and oxygen atoms in total. The third-order valence-corrected chi connectivity index (χ3v) is 3.54. The summed E-state index contributed by atoms with van der Waals surface area (Å²) in [5.41, 5.74) is 0.443. The highest BCUT2D eigenvalue weighted by Gasteiger charge is 2.18. The summed E-state index contributed by atoms with van der Waals surface area (Å²) in [5.74, 6) is -0.564. The number of rotatable bonds is 2. The molecule has 0 radical (unpaired) electrons. The Labute approximate surface area is 137 Å². The van der Waals surface area contributed by atoms with E-state index in [4.69, 9.17) is 0 Å². The van der Waals surface area contributed by atoms with Gasteiger partial charge in [-0.3, -0.25) is 4.79 Å². The zero-order valence-electron chi connectivity index (χ0n) is 13.1. The number of allylic oxidation sites excluding steroid dienone is 6. The number of Topliss-reactive ketones (excluding diaryl/α,β-unsaturated/α-hetero) is 1. The van der Waals surface area contributed by atoms with Crippen molar-refractivity contribution in [1.82, 2.24) is 5.32 Å². The summed E-state index contributed by atoms with van der Waals surface area (Å²) in [4.78, 5) is 12.0. The Kier molecular flexibility index (Phi) is 7.21. The highest BCUT2D eigenvalue weighted by atomic mass is 19.1. The third kappa shape index (κ3) is 6.17. The second-order valence-electron chi connectivity index (χ2n) is 5.38. The fourth-order valence-corrected chi connectivity index (χ4v) is 2.33. The van der Waals surface area contributed by atoms with E-state index in [0.717, 1.165) is 19.4 Å². The molecule has 0 fully saturated rings. The smallest absolute Gasteiger partial charge is 0.171 e. The van der Waals surface area contributed by atoms with Crippen LogP contribution in [0.25, 0.3) is 0 Å². The van der Waals surface area contributed by atoms with Crippen LogP contribution in [0.1, 0.15) is 23.2 Å². The molecule has 1 aliphatic carbocycles. The minimum absolute atomic E-state index is 0.0230. The number of hydrogen-bond donors (Lipinski definition) is 1. The largest absolute Gasteiger partial charge is 0.315 e. The number of halogens is 1. The summed E-state index contributed by atoms with van der Waals surface area (Å²) in [7, 11) is 0. The highest BCUT2D eigenvalue weighted by molar-refractivity contribution is 5.99. The van der Waals surface area contributed by atoms with E-state index < -0.39 is 0 Å². The van der Waals surface area contributed by atoms with Gasteiger partial charge in [-0.25, -0.2) is 4.39 Å². The maximum absolute atomic E-state index is 13.0. The first-order valence-electron chi connectivity index (χ1n) is 7.93. The number of nitrogens with one attached hydrogen (secondary N) is 1. The second-order valence-corrected chi connectivity index (χ2v) is 5.38. The average Bonchev–Trinajstić information content (AvgIpc) is 3.02. The standard InChI is InChI=1S/C13H14FNO.C7H8/c14-12-6-3-5-10(8-12)13(16)11-4-1-2-7-15-9-11;1-2-4-6-7-5-3-1/h1,3-6,8,11,15H,2,7,9H2;1-6H,7H2. The molecule has 0 spiro atoms. The zero-order chi connectivity index (χ0) is 16.3. The van der Waals surface area contributed by atoms with Gasteiger partial charge in [-0.2, -0.15) is 0 Å². The SMILES string of the molecule is C1=CC=CCC=C1.O=C(c1cccc(F)c1)C1C=CCCNC1. The van der Waals surface area contributed by atoms with E-state index in [2.05, 4.69) is 29.6 Å². The molecule has 1 aromatic rings. The zero-order valence-corrected chi connectivity index (χ0v) is 13.1. The van der Waals surface area contributed by atoms with Gasteiger partial charge in [-0.05, 0) is 31.5 Å². The lowest BCUT2D eigenvalue weighted by Crippen LogP contribution is -2.26. The van der Waals surface area contributed by atoms with Crippen molar-refractivity contribution in [1.29, 1.82) is 0 Å². The van der Waals surface area contributed by atoms with Gasteiger partial charge in [-0.15, -0.1) is 0 Å². The maximum Gasteiger partial charge on any atom is 0.171 e. The molecule has 1 atom stereocenters. The van der Waals surface area contributed by atoms with Gasteiger partial charge < -0.3 is 5.32 Å². The summed E-state index contributed by atoms with van der Waals surface area (Å²) in [6.07, 6.45) is 18.3. The van der Waals surface area contributed by atoms with Gasteiger partial charge >= 0.3 is 0 Å². The van der Waals surface area contributed by atoms with Crippen molar-refractivity contribution in [3.8, 4) is 0 Å². The molecule has 1 unspecified atom stereocenters. The quantitative estimate of drug-likeness (QED) is 0.654. The first-order chi connectivity index (χ1) is 11.3. The summed E-state index contributed by atoms with van der Waals surface area (Å²) < 4.78 is 13.0. The van der Waals surface area contributed by atoms with Gasteiger partial charge in [0.1, 0.15) is 5.82 Å². The van der Waals surface area contributed by atoms with Crippen LogP contribution < -0.4 is 5.32 Å². The minimum Gasteiger partial charge on any atom is -0.315 e. The first kappa shape index (κ1) is 17.1. The molecule has 23 heavy (non-hydrogen) atoms. The molecule has 0 saturated carbocycles. The lowest BCUT2D eigenvalue weighted by atomic mass is 9.97. The molecule has 1 heterocycles. The van der Waals surface area contributed by atoms with E-state index in [1.165, 1.54) is 12.1 Å². The molecule has 0 saturated heterocycles. The van der Waals surface area contributed by atoms with Gasteiger partial charge in [0.15, 0.2) is 5.78 Å². The van der Waals surface area contributed by atoms with Crippen LogP contribution in [0.5, 0.6) is 0 Å². The normalized spacial score (nSPS) is 19.4. The van der Waals surface area contributed by atoms with Crippen molar-refractivity contribution >= 4 is 5.78 Å². The van der Waals surface area contributed by atoms with Gasteiger partial charge in [0.2, 0.25) is 0 Å². The third-order valence-electron chi connectivity index (χ3n) is 3.54. The van der Waals surface area contributed by atoms with E-state index in [9.17, 15) is 9.18 Å². The molecule has 1 aliphatic heterocycles. The molecule has 1 aromatic carbocycles. The van der Waals surface area contributed by atoms with Crippen LogP contribution in [-0.2, 0) is 0 Å². The Morgan fingerprint density at radius 2 is 1.87 bits per heavy atom. The predicted molar refractivity (Wildman–Crippen MR) is 92.9 cm³/mol. The van der Waals surface area contributed by atoms with Crippen LogP contribution in [0.2, 0.25) is 0 Å². The lowest BCUT2D eigenvalue weighted by molar-refractivity contribution is 0.0945. The van der Waals surface area contributed by atoms with Crippen molar-refractivity contribution < 1.29 is 9.18 Å². The summed E-state index contributed by atoms with van der Waals surface area (Å²) in [5, 5.41) is 3.19. The Hall–Kier alpha value is -2.26. The highest BCUT2D eigenvalue weighted by Crippen LogP contribution is 2.13. The summed E-state index contributed by atoms with van der Waals surface area (Å²) in [6.45, 7) is 1.52. The Bertz CT molecular complexity index is 614. The molecular formula is C20H22FNO. The summed E-state index contributed by atoms with van der Waals surface area (Å²) >= 11 is 0. The number of benzene rings is 1. The molecule has 0 bridgehead atoms. The monoisotopic (exact) mass is 311 g/mol. The van der Waals surface area contributed by atoms with Crippen LogP contribution in [0.3, 0.4) is 0 Å².